The molecular weight excluding hydrogens is 296 g/mol. The average molecular weight is 318 g/mol. The van der Waals surface area contributed by atoms with Crippen LogP contribution in [0.4, 0.5) is 5.82 Å². The van der Waals surface area contributed by atoms with Crippen LogP contribution in [0.5, 0.6) is 0 Å². The monoisotopic (exact) mass is 318 g/mol. The summed E-state index contributed by atoms with van der Waals surface area (Å²) in [5, 5.41) is 4.84. The number of ether oxygens (including phenoxy) is 1. The summed E-state index contributed by atoms with van der Waals surface area (Å²) in [5.74, 6) is 0.993. The lowest BCUT2D eigenvalue weighted by Crippen LogP contribution is -2.30. The first-order chi connectivity index (χ1) is 11.8. The maximum atomic E-state index is 5.97. The molecule has 24 heavy (non-hydrogen) atoms. The van der Waals surface area contributed by atoms with Crippen molar-refractivity contribution in [1.29, 1.82) is 0 Å². The van der Waals surface area contributed by atoms with Gasteiger partial charge in [0.05, 0.1) is 11.6 Å². The Bertz CT molecular complexity index is 832. The van der Waals surface area contributed by atoms with Gasteiger partial charge in [0, 0.05) is 18.0 Å². The van der Waals surface area contributed by atoms with Gasteiger partial charge in [0.25, 0.3) is 0 Å². The lowest BCUT2D eigenvalue weighted by Gasteiger charge is -2.31. The Morgan fingerprint density at radius 2 is 1.83 bits per heavy atom. The minimum atomic E-state index is 0.165. The van der Waals surface area contributed by atoms with Gasteiger partial charge in [0.15, 0.2) is 0 Å². The topological polar surface area (TPSA) is 34.2 Å². The largest absolute Gasteiger partial charge is 0.373 e. The van der Waals surface area contributed by atoms with Crippen LogP contribution >= 0.6 is 0 Å². The Balaban J connectivity index is 1.53. The molecule has 2 heterocycles. The van der Waals surface area contributed by atoms with E-state index in [0.29, 0.717) is 6.04 Å². The summed E-state index contributed by atoms with van der Waals surface area (Å²) in [6.45, 7) is 2.90. The molecule has 1 aliphatic rings. The van der Waals surface area contributed by atoms with E-state index >= 15 is 0 Å². The molecule has 0 spiro atoms. The van der Waals surface area contributed by atoms with Crippen molar-refractivity contribution in [3.05, 3.63) is 71.8 Å². The summed E-state index contributed by atoms with van der Waals surface area (Å²) in [4.78, 5) is 4.81. The highest BCUT2D eigenvalue weighted by atomic mass is 16.5. The zero-order valence-corrected chi connectivity index (χ0v) is 13.9. The number of aromatic nitrogens is 1. The van der Waals surface area contributed by atoms with Gasteiger partial charge in [-0.15, -0.1) is 0 Å². The molecular formula is C21H22N2O. The van der Waals surface area contributed by atoms with E-state index in [1.54, 1.807) is 0 Å². The molecule has 1 aliphatic heterocycles. The van der Waals surface area contributed by atoms with Crippen LogP contribution in [0.25, 0.3) is 10.9 Å². The van der Waals surface area contributed by atoms with E-state index in [9.17, 15) is 0 Å². The van der Waals surface area contributed by atoms with Crippen LogP contribution in [0.15, 0.2) is 60.7 Å². The smallest absolute Gasteiger partial charge is 0.129 e. The molecule has 1 fully saturated rings. The van der Waals surface area contributed by atoms with Gasteiger partial charge in [-0.3, -0.25) is 0 Å². The van der Waals surface area contributed by atoms with Crippen molar-refractivity contribution >= 4 is 16.7 Å². The molecule has 3 aromatic rings. The fourth-order valence-corrected chi connectivity index (χ4v) is 3.39. The number of para-hydroxylation sites is 1. The van der Waals surface area contributed by atoms with E-state index in [4.69, 9.17) is 9.72 Å². The van der Waals surface area contributed by atoms with E-state index in [1.165, 1.54) is 16.5 Å². The maximum absolute atomic E-state index is 5.97. The maximum Gasteiger partial charge on any atom is 0.129 e. The number of benzene rings is 2. The molecule has 0 bridgehead atoms. The van der Waals surface area contributed by atoms with E-state index in [1.807, 2.05) is 12.1 Å². The van der Waals surface area contributed by atoms with Crippen LogP contribution in [0.1, 0.15) is 30.1 Å². The second-order valence-electron chi connectivity index (χ2n) is 6.48. The fourth-order valence-electron chi connectivity index (χ4n) is 3.39. The van der Waals surface area contributed by atoms with Crippen molar-refractivity contribution < 1.29 is 4.74 Å². The number of hydrogen-bond donors (Lipinski definition) is 1. The Hall–Kier alpha value is -2.39. The van der Waals surface area contributed by atoms with Gasteiger partial charge < -0.3 is 10.1 Å². The molecule has 2 unspecified atom stereocenters. The minimum absolute atomic E-state index is 0.165. The predicted octanol–water partition coefficient (Wildman–Crippen LogP) is 4.88. The van der Waals surface area contributed by atoms with Crippen molar-refractivity contribution in [3.8, 4) is 0 Å². The van der Waals surface area contributed by atoms with Crippen molar-refractivity contribution in [2.75, 3.05) is 11.9 Å². The molecule has 4 rings (SSSR count). The van der Waals surface area contributed by atoms with Crippen molar-refractivity contribution in [3.63, 3.8) is 0 Å². The van der Waals surface area contributed by atoms with Crippen molar-refractivity contribution in [2.24, 2.45) is 0 Å². The lowest BCUT2D eigenvalue weighted by atomic mass is 9.97. The van der Waals surface area contributed by atoms with Crippen LogP contribution in [0.2, 0.25) is 0 Å². The molecule has 3 heteroatoms. The fraction of sp³-hybridized carbons (Fsp3) is 0.286. The third kappa shape index (κ3) is 3.13. The van der Waals surface area contributed by atoms with E-state index < -0.39 is 0 Å². The predicted molar refractivity (Wildman–Crippen MR) is 98.3 cm³/mol. The highest BCUT2D eigenvalue weighted by Gasteiger charge is 2.24. The number of pyridine rings is 1. The normalized spacial score (nSPS) is 20.9. The third-order valence-corrected chi connectivity index (χ3v) is 4.71. The van der Waals surface area contributed by atoms with Gasteiger partial charge in [-0.05, 0) is 43.0 Å². The Labute approximate surface area is 142 Å². The molecule has 3 nitrogen and oxygen atoms in total. The van der Waals surface area contributed by atoms with Gasteiger partial charge >= 0.3 is 0 Å². The van der Waals surface area contributed by atoms with Crippen LogP contribution in [-0.4, -0.2) is 17.6 Å². The molecule has 1 N–H and O–H groups in total. The van der Waals surface area contributed by atoms with Crippen LogP contribution in [0, 0.1) is 6.92 Å². The molecule has 0 aliphatic carbocycles. The SMILES string of the molecule is Cc1cc2ccccc2nc1NC1CCOC(c2ccccc2)C1. The Morgan fingerprint density at radius 3 is 2.71 bits per heavy atom. The molecule has 0 saturated carbocycles. The summed E-state index contributed by atoms with van der Waals surface area (Å²) in [6.07, 6.45) is 2.15. The first-order valence-corrected chi connectivity index (χ1v) is 8.59. The number of aryl methyl sites for hydroxylation is 1. The Kier molecular flexibility index (Phi) is 4.18. The number of nitrogens with one attached hydrogen (secondary N) is 1. The second-order valence-corrected chi connectivity index (χ2v) is 6.48. The minimum Gasteiger partial charge on any atom is -0.373 e. The highest BCUT2D eigenvalue weighted by Crippen LogP contribution is 2.30. The zero-order valence-electron chi connectivity index (χ0n) is 13.9. The highest BCUT2D eigenvalue weighted by molar-refractivity contribution is 5.81. The standard InChI is InChI=1S/C21H22N2O/c1-15-13-17-9-5-6-10-19(17)23-21(15)22-18-11-12-24-20(14-18)16-7-3-2-4-8-16/h2-10,13,18,20H,11-12,14H2,1H3,(H,22,23). The first-order valence-electron chi connectivity index (χ1n) is 8.59. The first kappa shape index (κ1) is 15.2. The molecule has 1 aromatic heterocycles. The molecule has 2 atom stereocenters. The molecule has 0 radical (unpaired) electrons. The number of anilines is 1. The van der Waals surface area contributed by atoms with Gasteiger partial charge in [0.2, 0.25) is 0 Å². The van der Waals surface area contributed by atoms with E-state index in [-0.39, 0.29) is 6.10 Å². The van der Waals surface area contributed by atoms with Gasteiger partial charge in [-0.1, -0.05) is 48.5 Å². The van der Waals surface area contributed by atoms with Crippen molar-refractivity contribution in [2.45, 2.75) is 31.9 Å². The molecule has 122 valence electrons. The van der Waals surface area contributed by atoms with Gasteiger partial charge in [-0.25, -0.2) is 4.98 Å². The molecule has 0 amide bonds. The summed E-state index contributed by atoms with van der Waals surface area (Å²) in [5.41, 5.74) is 3.49. The van der Waals surface area contributed by atoms with E-state index in [0.717, 1.165) is 30.8 Å². The average Bonchev–Trinajstić information content (AvgIpc) is 2.63. The third-order valence-electron chi connectivity index (χ3n) is 4.71. The van der Waals surface area contributed by atoms with Gasteiger partial charge in [-0.2, -0.15) is 0 Å². The lowest BCUT2D eigenvalue weighted by molar-refractivity contribution is 0.00974. The Morgan fingerprint density at radius 1 is 1.04 bits per heavy atom. The van der Waals surface area contributed by atoms with E-state index in [2.05, 4.69) is 60.8 Å². The summed E-state index contributed by atoms with van der Waals surface area (Å²) in [6, 6.07) is 21.3. The van der Waals surface area contributed by atoms with Crippen LogP contribution in [-0.2, 0) is 4.74 Å². The number of nitrogens with zero attached hydrogens (tertiary/aromatic N) is 1. The molecule has 2 aromatic carbocycles. The zero-order chi connectivity index (χ0) is 16.4. The number of rotatable bonds is 3. The summed E-state index contributed by atoms with van der Waals surface area (Å²) >= 11 is 0. The van der Waals surface area contributed by atoms with Gasteiger partial charge in [0.1, 0.15) is 5.82 Å². The quantitative estimate of drug-likeness (QED) is 0.747. The van der Waals surface area contributed by atoms with Crippen LogP contribution < -0.4 is 5.32 Å². The van der Waals surface area contributed by atoms with Crippen LogP contribution in [0.3, 0.4) is 0 Å². The van der Waals surface area contributed by atoms with Crippen molar-refractivity contribution in [1.82, 2.24) is 4.98 Å². The molecule has 1 saturated heterocycles. The summed E-state index contributed by atoms with van der Waals surface area (Å²) in [7, 11) is 0. The summed E-state index contributed by atoms with van der Waals surface area (Å²) < 4.78 is 5.97. The number of hydrogen-bond acceptors (Lipinski definition) is 3. The second kappa shape index (κ2) is 6.62. The number of fused-ring (bicyclic) bond motifs is 1.